The molecule has 1 saturated heterocycles. The molecule has 0 radical (unpaired) electrons. The highest BCUT2D eigenvalue weighted by molar-refractivity contribution is 6.05. The van der Waals surface area contributed by atoms with Crippen molar-refractivity contribution in [3.8, 4) is 0 Å². The molecular weight excluding hydrogens is 400 g/mol. The number of hydrogen-bond acceptors (Lipinski definition) is 5. The van der Waals surface area contributed by atoms with Gasteiger partial charge in [-0.1, -0.05) is 30.3 Å². The van der Waals surface area contributed by atoms with Crippen molar-refractivity contribution >= 4 is 29.4 Å². The minimum Gasteiger partial charge on any atom is -0.392 e. The number of amides is 5. The van der Waals surface area contributed by atoms with Gasteiger partial charge in [0.2, 0.25) is 11.8 Å². The number of nitrogens with one attached hydrogen (secondary N) is 3. The van der Waals surface area contributed by atoms with Gasteiger partial charge in [-0.3, -0.25) is 19.7 Å². The topological polar surface area (TPSA) is 128 Å². The van der Waals surface area contributed by atoms with E-state index >= 15 is 0 Å². The van der Waals surface area contributed by atoms with Crippen molar-refractivity contribution in [1.29, 1.82) is 0 Å². The molecule has 0 aliphatic carbocycles. The van der Waals surface area contributed by atoms with Crippen LogP contribution in [0.2, 0.25) is 0 Å². The van der Waals surface area contributed by atoms with Crippen LogP contribution in [-0.2, 0) is 29.3 Å². The third-order valence-electron chi connectivity index (χ3n) is 5.48. The summed E-state index contributed by atoms with van der Waals surface area (Å²) >= 11 is 0. The van der Waals surface area contributed by atoms with Crippen molar-refractivity contribution in [3.63, 3.8) is 0 Å². The van der Waals surface area contributed by atoms with Gasteiger partial charge in [0.05, 0.1) is 6.61 Å². The number of urea groups is 1. The van der Waals surface area contributed by atoms with Gasteiger partial charge in [-0.25, -0.2) is 4.79 Å². The molecule has 1 atom stereocenters. The quantitative estimate of drug-likeness (QED) is 0.540. The number of imide groups is 1. The maximum absolute atomic E-state index is 12.7. The van der Waals surface area contributed by atoms with E-state index in [1.165, 1.54) is 4.90 Å². The molecule has 0 bridgehead atoms. The highest BCUT2D eigenvalue weighted by Gasteiger charge is 2.39. The standard InChI is InChI=1S/C22H22N4O5/c27-12-14-3-1-2-4-17(14)24-22(31)23-10-13-5-6-16-15(9-13)11-26(21(16)30)18-7-8-19(28)25-20(18)29/h1-6,9,18,27H,7-8,10-12H2,(H2,23,24,31)(H,25,28,29). The summed E-state index contributed by atoms with van der Waals surface area (Å²) in [5.74, 6) is -1.000. The van der Waals surface area contributed by atoms with Crippen LogP contribution in [0.1, 0.15) is 39.9 Å². The molecular formula is C22H22N4O5. The number of para-hydroxylation sites is 1. The minimum absolute atomic E-state index is 0.182. The summed E-state index contributed by atoms with van der Waals surface area (Å²) < 4.78 is 0. The normalized spacial score (nSPS) is 17.9. The van der Waals surface area contributed by atoms with Crippen molar-refractivity contribution < 1.29 is 24.3 Å². The van der Waals surface area contributed by atoms with Crippen LogP contribution in [0.4, 0.5) is 10.5 Å². The fraction of sp³-hybridized carbons (Fsp3) is 0.273. The summed E-state index contributed by atoms with van der Waals surface area (Å²) in [4.78, 5) is 49.9. The number of anilines is 1. The average molecular weight is 422 g/mol. The van der Waals surface area contributed by atoms with E-state index in [2.05, 4.69) is 16.0 Å². The molecule has 160 valence electrons. The highest BCUT2D eigenvalue weighted by Crippen LogP contribution is 2.28. The lowest BCUT2D eigenvalue weighted by Gasteiger charge is -2.29. The first-order valence-electron chi connectivity index (χ1n) is 9.96. The predicted molar refractivity (Wildman–Crippen MR) is 111 cm³/mol. The minimum atomic E-state index is -0.656. The molecule has 0 spiro atoms. The van der Waals surface area contributed by atoms with Crippen LogP contribution in [-0.4, -0.2) is 39.8 Å². The smallest absolute Gasteiger partial charge is 0.319 e. The first-order valence-corrected chi connectivity index (χ1v) is 9.96. The zero-order valence-corrected chi connectivity index (χ0v) is 16.7. The van der Waals surface area contributed by atoms with Gasteiger partial charge < -0.3 is 20.6 Å². The fourth-order valence-corrected chi connectivity index (χ4v) is 3.87. The number of benzene rings is 2. The summed E-state index contributed by atoms with van der Waals surface area (Å²) in [5.41, 5.74) is 3.25. The van der Waals surface area contributed by atoms with Gasteiger partial charge in [0, 0.05) is 36.3 Å². The molecule has 31 heavy (non-hydrogen) atoms. The average Bonchev–Trinajstić information content (AvgIpc) is 3.08. The monoisotopic (exact) mass is 422 g/mol. The number of carbonyl (C=O) groups excluding carboxylic acids is 4. The van der Waals surface area contributed by atoms with E-state index < -0.39 is 18.0 Å². The molecule has 1 fully saturated rings. The van der Waals surface area contributed by atoms with Crippen LogP contribution in [0.3, 0.4) is 0 Å². The summed E-state index contributed by atoms with van der Waals surface area (Å²) in [6.07, 6.45) is 0.522. The molecule has 1 unspecified atom stereocenters. The molecule has 2 heterocycles. The Kier molecular flexibility index (Phi) is 5.68. The van der Waals surface area contributed by atoms with Crippen molar-refractivity contribution in [2.24, 2.45) is 0 Å². The van der Waals surface area contributed by atoms with Gasteiger partial charge in [0.25, 0.3) is 5.91 Å². The van der Waals surface area contributed by atoms with E-state index in [0.717, 1.165) is 11.1 Å². The Balaban J connectivity index is 1.39. The Bertz CT molecular complexity index is 1070. The van der Waals surface area contributed by atoms with Crippen LogP contribution < -0.4 is 16.0 Å². The van der Waals surface area contributed by atoms with Crippen molar-refractivity contribution in [2.45, 2.75) is 38.6 Å². The Morgan fingerprint density at radius 1 is 1.16 bits per heavy atom. The van der Waals surface area contributed by atoms with Gasteiger partial charge in [-0.2, -0.15) is 0 Å². The predicted octanol–water partition coefficient (Wildman–Crippen LogP) is 1.26. The highest BCUT2D eigenvalue weighted by atomic mass is 16.3. The first kappa shape index (κ1) is 20.5. The summed E-state index contributed by atoms with van der Waals surface area (Å²) in [6, 6.07) is 11.2. The summed E-state index contributed by atoms with van der Waals surface area (Å²) in [7, 11) is 0. The fourth-order valence-electron chi connectivity index (χ4n) is 3.87. The second kappa shape index (κ2) is 8.57. The van der Waals surface area contributed by atoms with Gasteiger partial charge in [0.1, 0.15) is 6.04 Å². The van der Waals surface area contributed by atoms with E-state index in [0.29, 0.717) is 23.2 Å². The van der Waals surface area contributed by atoms with E-state index in [4.69, 9.17) is 0 Å². The van der Waals surface area contributed by atoms with Gasteiger partial charge in [-0.15, -0.1) is 0 Å². The largest absolute Gasteiger partial charge is 0.392 e. The van der Waals surface area contributed by atoms with Gasteiger partial charge in [0.15, 0.2) is 0 Å². The zero-order valence-electron chi connectivity index (χ0n) is 16.7. The lowest BCUT2D eigenvalue weighted by molar-refractivity contribution is -0.136. The second-order valence-corrected chi connectivity index (χ2v) is 7.51. The maximum atomic E-state index is 12.7. The molecule has 2 aromatic rings. The Morgan fingerprint density at radius 2 is 1.97 bits per heavy atom. The second-order valence-electron chi connectivity index (χ2n) is 7.51. The number of rotatable bonds is 5. The van der Waals surface area contributed by atoms with E-state index in [1.54, 1.807) is 36.4 Å². The lowest BCUT2D eigenvalue weighted by Crippen LogP contribution is -2.52. The number of aliphatic hydroxyl groups is 1. The third-order valence-corrected chi connectivity index (χ3v) is 5.48. The molecule has 2 aliphatic heterocycles. The Hall–Kier alpha value is -3.72. The Morgan fingerprint density at radius 3 is 2.74 bits per heavy atom. The maximum Gasteiger partial charge on any atom is 0.319 e. The summed E-state index contributed by atoms with van der Waals surface area (Å²) in [6.45, 7) is 0.344. The molecule has 0 aromatic heterocycles. The van der Waals surface area contributed by atoms with Crippen LogP contribution in [0.5, 0.6) is 0 Å². The van der Waals surface area contributed by atoms with Crippen molar-refractivity contribution in [2.75, 3.05) is 5.32 Å². The summed E-state index contributed by atoms with van der Waals surface area (Å²) in [5, 5.41) is 17.1. The molecule has 9 heteroatoms. The van der Waals surface area contributed by atoms with Crippen LogP contribution >= 0.6 is 0 Å². The van der Waals surface area contributed by atoms with E-state index in [-0.39, 0.29) is 37.9 Å². The molecule has 0 saturated carbocycles. The van der Waals surface area contributed by atoms with Crippen LogP contribution in [0, 0.1) is 0 Å². The van der Waals surface area contributed by atoms with E-state index in [1.807, 2.05) is 6.07 Å². The molecule has 4 rings (SSSR count). The van der Waals surface area contributed by atoms with Crippen molar-refractivity contribution in [1.82, 2.24) is 15.5 Å². The van der Waals surface area contributed by atoms with Gasteiger partial charge >= 0.3 is 6.03 Å². The SMILES string of the molecule is O=C1CCC(N2Cc3cc(CNC(=O)Nc4ccccc4CO)ccc3C2=O)C(=O)N1. The number of hydrogen-bond donors (Lipinski definition) is 4. The molecule has 2 aliphatic rings. The molecule has 9 nitrogen and oxygen atoms in total. The molecule has 5 amide bonds. The molecule has 2 aromatic carbocycles. The van der Waals surface area contributed by atoms with E-state index in [9.17, 15) is 24.3 Å². The number of aliphatic hydroxyl groups excluding tert-OH is 1. The number of fused-ring (bicyclic) bond motifs is 1. The number of piperidine rings is 1. The van der Waals surface area contributed by atoms with Crippen LogP contribution in [0.15, 0.2) is 42.5 Å². The Labute approximate surface area is 178 Å². The first-order chi connectivity index (χ1) is 15.0. The molecule has 4 N–H and O–H groups in total. The van der Waals surface area contributed by atoms with Crippen molar-refractivity contribution in [3.05, 3.63) is 64.7 Å². The zero-order chi connectivity index (χ0) is 22.0. The van der Waals surface area contributed by atoms with Crippen LogP contribution in [0.25, 0.3) is 0 Å². The number of nitrogens with zero attached hydrogens (tertiary/aromatic N) is 1. The third kappa shape index (κ3) is 4.26. The van der Waals surface area contributed by atoms with Gasteiger partial charge in [-0.05, 0) is 29.7 Å². The number of carbonyl (C=O) groups is 4. The lowest BCUT2D eigenvalue weighted by atomic mass is 10.0.